The average molecular weight is 281 g/mol. The van der Waals surface area contributed by atoms with Crippen LogP contribution in [0.3, 0.4) is 0 Å². The van der Waals surface area contributed by atoms with E-state index < -0.39 is 0 Å². The second kappa shape index (κ2) is 4.93. The first-order valence-electron chi connectivity index (χ1n) is 6.63. The van der Waals surface area contributed by atoms with Crippen LogP contribution in [0.1, 0.15) is 18.1 Å². The highest BCUT2D eigenvalue weighted by molar-refractivity contribution is 6.32. The molecule has 4 nitrogen and oxygen atoms in total. The lowest BCUT2D eigenvalue weighted by molar-refractivity contribution is -0.118. The predicted octanol–water partition coefficient (Wildman–Crippen LogP) is 1.77. The molecule has 2 aliphatic heterocycles. The molecule has 102 valence electrons. The number of rotatable bonds is 3. The molecule has 1 N–H and O–H groups in total. The Morgan fingerprint density at radius 2 is 2.37 bits per heavy atom. The lowest BCUT2D eigenvalue weighted by Gasteiger charge is -2.22. The molecule has 1 aromatic rings. The standard InChI is InChI=1S/C14H17ClN2O2/c1-9(18)16-4-6-17-5-2-10-8-12(15)14-11(13(10)17)3-7-19-14/h8H,2-7H2,1H3,(H,16,18). The zero-order valence-corrected chi connectivity index (χ0v) is 11.7. The average Bonchev–Trinajstić information content (AvgIpc) is 2.95. The number of fused-ring (bicyclic) bond motifs is 3. The summed E-state index contributed by atoms with van der Waals surface area (Å²) in [5, 5.41) is 3.58. The van der Waals surface area contributed by atoms with Crippen LogP contribution >= 0.6 is 11.6 Å². The lowest BCUT2D eigenvalue weighted by atomic mass is 10.1. The molecule has 0 radical (unpaired) electrons. The third-order valence-corrected chi connectivity index (χ3v) is 3.98. The fourth-order valence-electron chi connectivity index (χ4n) is 2.92. The first-order valence-corrected chi connectivity index (χ1v) is 7.01. The first kappa shape index (κ1) is 12.6. The maximum atomic E-state index is 10.9. The Hall–Kier alpha value is -1.42. The summed E-state index contributed by atoms with van der Waals surface area (Å²) in [6.45, 7) is 4.75. The minimum Gasteiger partial charge on any atom is -0.491 e. The van der Waals surface area contributed by atoms with Gasteiger partial charge in [-0.1, -0.05) is 11.6 Å². The molecule has 2 aliphatic rings. The number of hydrogen-bond acceptors (Lipinski definition) is 3. The fourth-order valence-corrected chi connectivity index (χ4v) is 3.22. The number of amides is 1. The summed E-state index contributed by atoms with van der Waals surface area (Å²) in [5.41, 5.74) is 3.82. The van der Waals surface area contributed by atoms with Gasteiger partial charge >= 0.3 is 0 Å². The molecule has 0 saturated heterocycles. The predicted molar refractivity (Wildman–Crippen MR) is 75.3 cm³/mol. The van der Waals surface area contributed by atoms with Gasteiger partial charge in [0, 0.05) is 44.2 Å². The van der Waals surface area contributed by atoms with Gasteiger partial charge in [0.2, 0.25) is 5.91 Å². The van der Waals surface area contributed by atoms with Crippen LogP contribution in [0.15, 0.2) is 6.07 Å². The van der Waals surface area contributed by atoms with Crippen molar-refractivity contribution in [2.75, 3.05) is 31.1 Å². The number of ether oxygens (including phenoxy) is 1. The minimum absolute atomic E-state index is 0.0177. The molecule has 0 aromatic heterocycles. The normalized spacial score (nSPS) is 16.0. The molecule has 0 unspecified atom stereocenters. The molecule has 19 heavy (non-hydrogen) atoms. The van der Waals surface area contributed by atoms with Crippen LogP contribution in [-0.4, -0.2) is 32.1 Å². The second-order valence-electron chi connectivity index (χ2n) is 4.99. The van der Waals surface area contributed by atoms with Gasteiger partial charge in [0.05, 0.1) is 11.6 Å². The Morgan fingerprint density at radius 1 is 1.53 bits per heavy atom. The van der Waals surface area contributed by atoms with Gasteiger partial charge in [-0.25, -0.2) is 0 Å². The van der Waals surface area contributed by atoms with E-state index in [4.69, 9.17) is 16.3 Å². The third-order valence-electron chi connectivity index (χ3n) is 3.70. The van der Waals surface area contributed by atoms with Crippen molar-refractivity contribution in [3.8, 4) is 5.75 Å². The number of carbonyl (C=O) groups is 1. The first-order chi connectivity index (χ1) is 9.16. The van der Waals surface area contributed by atoms with E-state index in [2.05, 4.69) is 10.2 Å². The molecular formula is C14H17ClN2O2. The molecule has 0 aliphatic carbocycles. The number of nitrogens with zero attached hydrogens (tertiary/aromatic N) is 1. The summed E-state index contributed by atoms with van der Waals surface area (Å²) >= 11 is 6.25. The smallest absolute Gasteiger partial charge is 0.216 e. The summed E-state index contributed by atoms with van der Waals surface area (Å²) in [5.74, 6) is 0.871. The van der Waals surface area contributed by atoms with Crippen molar-refractivity contribution >= 4 is 23.2 Å². The van der Waals surface area contributed by atoms with Gasteiger partial charge in [0.15, 0.2) is 0 Å². The van der Waals surface area contributed by atoms with Crippen molar-refractivity contribution in [1.82, 2.24) is 5.32 Å². The highest BCUT2D eigenvalue weighted by Crippen LogP contribution is 2.44. The summed E-state index contributed by atoms with van der Waals surface area (Å²) in [4.78, 5) is 13.3. The van der Waals surface area contributed by atoms with Crippen molar-refractivity contribution in [2.45, 2.75) is 19.8 Å². The number of halogens is 1. The lowest BCUT2D eigenvalue weighted by Crippen LogP contribution is -2.33. The Bertz CT molecular complexity index is 531. The Kier molecular flexibility index (Phi) is 3.27. The van der Waals surface area contributed by atoms with Crippen molar-refractivity contribution in [1.29, 1.82) is 0 Å². The van der Waals surface area contributed by atoms with Crippen molar-refractivity contribution in [3.05, 3.63) is 22.2 Å². The molecule has 5 heteroatoms. The molecular weight excluding hydrogens is 264 g/mol. The fraction of sp³-hybridized carbons (Fsp3) is 0.500. The van der Waals surface area contributed by atoms with Crippen LogP contribution in [0.25, 0.3) is 0 Å². The second-order valence-corrected chi connectivity index (χ2v) is 5.40. The maximum absolute atomic E-state index is 10.9. The minimum atomic E-state index is 0.0177. The third kappa shape index (κ3) is 2.25. The monoisotopic (exact) mass is 280 g/mol. The molecule has 0 spiro atoms. The molecule has 0 saturated carbocycles. The van der Waals surface area contributed by atoms with Gasteiger partial charge in [-0.2, -0.15) is 0 Å². The molecule has 3 rings (SSSR count). The van der Waals surface area contributed by atoms with Crippen molar-refractivity contribution in [2.24, 2.45) is 0 Å². The molecule has 1 aromatic carbocycles. The Balaban J connectivity index is 1.84. The van der Waals surface area contributed by atoms with E-state index in [1.165, 1.54) is 16.8 Å². The summed E-state index contributed by atoms with van der Waals surface area (Å²) in [7, 11) is 0. The molecule has 1 amide bonds. The van der Waals surface area contributed by atoms with Crippen molar-refractivity contribution < 1.29 is 9.53 Å². The zero-order valence-electron chi connectivity index (χ0n) is 11.0. The quantitative estimate of drug-likeness (QED) is 0.918. The molecule has 2 heterocycles. The van der Waals surface area contributed by atoms with E-state index in [1.807, 2.05) is 6.07 Å². The van der Waals surface area contributed by atoms with Gasteiger partial charge in [-0.05, 0) is 18.1 Å². The summed E-state index contributed by atoms with van der Waals surface area (Å²) < 4.78 is 5.62. The van der Waals surface area contributed by atoms with Crippen LogP contribution in [0.2, 0.25) is 5.02 Å². The molecule has 0 fully saturated rings. The Labute approximate surface area is 117 Å². The van der Waals surface area contributed by atoms with Gasteiger partial charge < -0.3 is 15.0 Å². The maximum Gasteiger partial charge on any atom is 0.216 e. The van der Waals surface area contributed by atoms with Gasteiger partial charge in [0.1, 0.15) is 5.75 Å². The van der Waals surface area contributed by atoms with E-state index in [9.17, 15) is 4.79 Å². The van der Waals surface area contributed by atoms with E-state index in [0.717, 1.165) is 36.7 Å². The molecule has 0 bridgehead atoms. The van der Waals surface area contributed by atoms with Crippen LogP contribution in [-0.2, 0) is 17.6 Å². The highest BCUT2D eigenvalue weighted by atomic mass is 35.5. The number of anilines is 1. The number of hydrogen-bond donors (Lipinski definition) is 1. The van der Waals surface area contributed by atoms with Gasteiger partial charge in [-0.3, -0.25) is 4.79 Å². The van der Waals surface area contributed by atoms with Crippen LogP contribution in [0.5, 0.6) is 5.75 Å². The summed E-state index contributed by atoms with van der Waals surface area (Å²) in [6, 6.07) is 2.03. The van der Waals surface area contributed by atoms with Crippen LogP contribution < -0.4 is 15.0 Å². The van der Waals surface area contributed by atoms with Crippen LogP contribution in [0, 0.1) is 0 Å². The summed E-state index contributed by atoms with van der Waals surface area (Å²) in [6.07, 6.45) is 1.94. The SMILES string of the molecule is CC(=O)NCCN1CCc2cc(Cl)c3c(c21)CCO3. The van der Waals surface area contributed by atoms with Gasteiger partial charge in [0.25, 0.3) is 0 Å². The van der Waals surface area contributed by atoms with Crippen molar-refractivity contribution in [3.63, 3.8) is 0 Å². The zero-order chi connectivity index (χ0) is 13.4. The highest BCUT2D eigenvalue weighted by Gasteiger charge is 2.29. The molecule has 0 atom stereocenters. The van der Waals surface area contributed by atoms with E-state index in [1.54, 1.807) is 6.92 Å². The van der Waals surface area contributed by atoms with E-state index in [-0.39, 0.29) is 5.91 Å². The number of nitrogens with one attached hydrogen (secondary N) is 1. The Morgan fingerprint density at radius 3 is 3.16 bits per heavy atom. The van der Waals surface area contributed by atoms with E-state index >= 15 is 0 Å². The largest absolute Gasteiger partial charge is 0.491 e. The number of benzene rings is 1. The van der Waals surface area contributed by atoms with Gasteiger partial charge in [-0.15, -0.1) is 0 Å². The van der Waals surface area contributed by atoms with E-state index in [0.29, 0.717) is 13.2 Å². The number of carbonyl (C=O) groups excluding carboxylic acids is 1. The van der Waals surface area contributed by atoms with Crippen LogP contribution in [0.4, 0.5) is 5.69 Å². The topological polar surface area (TPSA) is 41.6 Å².